The lowest BCUT2D eigenvalue weighted by Crippen LogP contribution is -2.44. The molecule has 2 N–H and O–H groups in total. The molecule has 41 heavy (non-hydrogen) atoms. The maximum Gasteiger partial charge on any atom is 0.319 e. The number of phenolic OH excluding ortho intramolecular Hbond substituents is 1. The van der Waals surface area contributed by atoms with Crippen molar-refractivity contribution in [3.63, 3.8) is 0 Å². The molecular formula is C32H31FN6O2. The number of nitrogens with zero attached hydrogens (tertiary/aromatic N) is 5. The van der Waals surface area contributed by atoms with Crippen LogP contribution in [0.4, 0.5) is 10.2 Å². The zero-order chi connectivity index (χ0) is 27.7. The SMILES string of the molecule is C#Cc1cccc2cc(O)cc(-c3ncc4c(N5C[C@H]6C[C@@H]5CN6)nc(OCC56CCCN5CCC6)nc4c3F)c12. The molecule has 4 fully saturated rings. The van der Waals surface area contributed by atoms with E-state index in [1.165, 1.54) is 6.07 Å². The first-order valence-corrected chi connectivity index (χ1v) is 14.5. The van der Waals surface area contributed by atoms with Crippen molar-refractivity contribution in [3.8, 4) is 35.4 Å². The van der Waals surface area contributed by atoms with E-state index in [-0.39, 0.29) is 34.6 Å². The van der Waals surface area contributed by atoms with Crippen LogP contribution >= 0.6 is 0 Å². The number of pyridine rings is 1. The molecule has 0 unspecified atom stereocenters. The van der Waals surface area contributed by atoms with Crippen molar-refractivity contribution in [2.24, 2.45) is 0 Å². The molecule has 0 radical (unpaired) electrons. The maximum absolute atomic E-state index is 16.7. The Kier molecular flexibility index (Phi) is 5.60. The van der Waals surface area contributed by atoms with Gasteiger partial charge in [0.15, 0.2) is 5.82 Å². The van der Waals surface area contributed by atoms with E-state index >= 15 is 4.39 Å². The van der Waals surface area contributed by atoms with Crippen molar-refractivity contribution in [2.45, 2.75) is 49.7 Å². The van der Waals surface area contributed by atoms with E-state index in [2.05, 4.69) is 31.0 Å². The third-order valence-electron chi connectivity index (χ3n) is 9.63. The first-order valence-electron chi connectivity index (χ1n) is 14.5. The summed E-state index contributed by atoms with van der Waals surface area (Å²) < 4.78 is 23.0. The number of hydrogen-bond donors (Lipinski definition) is 2. The average Bonchev–Trinajstić information content (AvgIpc) is 3.77. The maximum atomic E-state index is 16.7. The minimum atomic E-state index is -0.585. The number of rotatable bonds is 5. The molecule has 8 nitrogen and oxygen atoms in total. The normalized spacial score (nSPS) is 23.0. The minimum absolute atomic E-state index is 0.00731. The van der Waals surface area contributed by atoms with Crippen LogP contribution in [0.25, 0.3) is 32.9 Å². The van der Waals surface area contributed by atoms with Crippen LogP contribution in [0.15, 0.2) is 36.5 Å². The van der Waals surface area contributed by atoms with Gasteiger partial charge in [-0.25, -0.2) is 4.39 Å². The van der Waals surface area contributed by atoms with Crippen molar-refractivity contribution < 1.29 is 14.2 Å². The van der Waals surface area contributed by atoms with Crippen molar-refractivity contribution in [1.82, 2.24) is 25.2 Å². The van der Waals surface area contributed by atoms with Gasteiger partial charge in [-0.15, -0.1) is 6.42 Å². The number of nitrogens with one attached hydrogen (secondary N) is 1. The van der Waals surface area contributed by atoms with Gasteiger partial charge in [-0.05, 0) is 68.8 Å². The Bertz CT molecular complexity index is 1740. The zero-order valence-electron chi connectivity index (χ0n) is 22.7. The predicted octanol–water partition coefficient (Wildman–Crippen LogP) is 4.23. The van der Waals surface area contributed by atoms with Gasteiger partial charge < -0.3 is 20.1 Å². The number of hydrogen-bond acceptors (Lipinski definition) is 8. The van der Waals surface area contributed by atoms with E-state index in [9.17, 15) is 5.11 Å². The Morgan fingerprint density at radius 2 is 2.05 bits per heavy atom. The molecule has 4 aliphatic rings. The third-order valence-corrected chi connectivity index (χ3v) is 9.63. The summed E-state index contributed by atoms with van der Waals surface area (Å²) in [6.07, 6.45) is 13.0. The van der Waals surface area contributed by atoms with E-state index in [0.717, 1.165) is 58.3 Å². The van der Waals surface area contributed by atoms with Crippen LogP contribution < -0.4 is 15.0 Å². The van der Waals surface area contributed by atoms with Gasteiger partial charge >= 0.3 is 6.01 Å². The second-order valence-corrected chi connectivity index (χ2v) is 11.9. The van der Waals surface area contributed by atoms with Gasteiger partial charge in [-0.2, -0.15) is 9.97 Å². The Morgan fingerprint density at radius 1 is 1.20 bits per heavy atom. The number of phenols is 1. The lowest BCUT2D eigenvalue weighted by molar-refractivity contribution is 0.108. The van der Waals surface area contributed by atoms with E-state index in [1.807, 2.05) is 12.1 Å². The Balaban J connectivity index is 1.28. The fraction of sp³-hybridized carbons (Fsp3) is 0.406. The number of aromatic hydroxyl groups is 1. The summed E-state index contributed by atoms with van der Waals surface area (Å²) >= 11 is 0. The molecule has 4 aliphatic heterocycles. The predicted molar refractivity (Wildman–Crippen MR) is 156 cm³/mol. The number of anilines is 1. The van der Waals surface area contributed by atoms with Gasteiger partial charge in [0.05, 0.1) is 10.9 Å². The van der Waals surface area contributed by atoms with Gasteiger partial charge in [0, 0.05) is 47.9 Å². The fourth-order valence-corrected chi connectivity index (χ4v) is 7.69. The molecule has 0 spiro atoms. The summed E-state index contributed by atoms with van der Waals surface area (Å²) in [6.45, 7) is 4.34. The molecular weight excluding hydrogens is 519 g/mol. The van der Waals surface area contributed by atoms with E-state index in [0.29, 0.717) is 45.8 Å². The number of ether oxygens (including phenoxy) is 1. The standard InChI is InChI=1S/C32H31FN6O2/c1-2-19-6-3-7-20-12-23(40)14-24(26(19)20)28-27(33)29-25(16-35-28)30(39-17-21-13-22(39)15-34-21)37-31(36-29)41-18-32-8-4-10-38(32)11-5-9-32/h1,3,6-7,12,14,16,21-22,34,40H,4-5,8-11,13,15,17-18H2/t21-,22-/m1/s1. The quantitative estimate of drug-likeness (QED) is 0.357. The first-order chi connectivity index (χ1) is 20.0. The number of fused-ring (bicyclic) bond motifs is 5. The monoisotopic (exact) mass is 550 g/mol. The van der Waals surface area contributed by atoms with E-state index in [4.69, 9.17) is 16.1 Å². The van der Waals surface area contributed by atoms with Crippen LogP contribution in [0.3, 0.4) is 0 Å². The molecule has 2 aromatic carbocycles. The van der Waals surface area contributed by atoms with Crippen molar-refractivity contribution in [1.29, 1.82) is 0 Å². The zero-order valence-corrected chi connectivity index (χ0v) is 22.7. The van der Waals surface area contributed by atoms with Crippen LogP contribution in [-0.2, 0) is 0 Å². The largest absolute Gasteiger partial charge is 0.508 e. The lowest BCUT2D eigenvalue weighted by atomic mass is 9.95. The highest BCUT2D eigenvalue weighted by atomic mass is 19.1. The Morgan fingerprint density at radius 3 is 2.80 bits per heavy atom. The van der Waals surface area contributed by atoms with E-state index < -0.39 is 5.82 Å². The molecule has 0 amide bonds. The second-order valence-electron chi connectivity index (χ2n) is 11.9. The van der Waals surface area contributed by atoms with Gasteiger partial charge in [0.25, 0.3) is 0 Å². The molecule has 8 rings (SSSR count). The average molecular weight is 551 g/mol. The summed E-state index contributed by atoms with van der Waals surface area (Å²) in [5.74, 6) is 2.78. The molecule has 2 atom stereocenters. The van der Waals surface area contributed by atoms with Crippen LogP contribution in [0, 0.1) is 18.2 Å². The van der Waals surface area contributed by atoms with Gasteiger partial charge in [0.2, 0.25) is 0 Å². The number of terminal acetylenes is 1. The smallest absolute Gasteiger partial charge is 0.319 e. The number of halogens is 1. The second kappa shape index (κ2) is 9.26. The highest BCUT2D eigenvalue weighted by Crippen LogP contribution is 2.41. The lowest BCUT2D eigenvalue weighted by Gasteiger charge is -2.32. The van der Waals surface area contributed by atoms with E-state index in [1.54, 1.807) is 18.3 Å². The molecule has 0 saturated carbocycles. The molecule has 0 aliphatic carbocycles. The van der Waals surface area contributed by atoms with Crippen LogP contribution in [0.1, 0.15) is 37.7 Å². The Labute approximate surface area is 237 Å². The van der Waals surface area contributed by atoms with Gasteiger partial charge in [0.1, 0.15) is 29.4 Å². The molecule has 2 bridgehead atoms. The molecule has 4 saturated heterocycles. The summed E-state index contributed by atoms with van der Waals surface area (Å²) in [7, 11) is 0. The number of aromatic nitrogens is 3. The summed E-state index contributed by atoms with van der Waals surface area (Å²) in [5, 5.41) is 16.0. The summed E-state index contributed by atoms with van der Waals surface area (Å²) in [4.78, 5) is 18.9. The van der Waals surface area contributed by atoms with Crippen LogP contribution in [-0.4, -0.2) is 75.4 Å². The van der Waals surface area contributed by atoms with Gasteiger partial charge in [-0.3, -0.25) is 9.88 Å². The highest BCUT2D eigenvalue weighted by molar-refractivity contribution is 6.02. The van der Waals surface area contributed by atoms with Crippen molar-refractivity contribution in [2.75, 3.05) is 37.7 Å². The van der Waals surface area contributed by atoms with Gasteiger partial charge in [-0.1, -0.05) is 18.1 Å². The number of piperazine rings is 1. The fourth-order valence-electron chi connectivity index (χ4n) is 7.69. The number of benzene rings is 2. The van der Waals surface area contributed by atoms with Crippen molar-refractivity contribution >= 4 is 27.5 Å². The molecule has 2 aromatic heterocycles. The molecule has 4 aromatic rings. The van der Waals surface area contributed by atoms with Crippen molar-refractivity contribution in [3.05, 3.63) is 47.9 Å². The minimum Gasteiger partial charge on any atom is -0.508 e. The molecule has 208 valence electrons. The third kappa shape index (κ3) is 3.85. The Hall–Kier alpha value is -4.00. The molecule has 6 heterocycles. The summed E-state index contributed by atoms with van der Waals surface area (Å²) in [5.41, 5.74) is 1.28. The topological polar surface area (TPSA) is 86.6 Å². The van der Waals surface area contributed by atoms with Crippen LogP contribution in [0.5, 0.6) is 11.8 Å². The highest BCUT2D eigenvalue weighted by Gasteiger charge is 2.45. The summed E-state index contributed by atoms with van der Waals surface area (Å²) in [6, 6.07) is 9.46. The molecule has 9 heteroatoms. The first kappa shape index (κ1) is 24.8. The van der Waals surface area contributed by atoms with Crippen LogP contribution in [0.2, 0.25) is 0 Å².